The third-order valence-corrected chi connectivity index (χ3v) is 3.03. The van der Waals surface area contributed by atoms with Crippen molar-refractivity contribution in [2.75, 3.05) is 5.32 Å². The zero-order valence-corrected chi connectivity index (χ0v) is 11.8. The lowest BCUT2D eigenvalue weighted by molar-refractivity contribution is 0.102. The summed E-state index contributed by atoms with van der Waals surface area (Å²) in [6.45, 7) is 0. The average molecular weight is 335 g/mol. The Labute approximate surface area is 123 Å². The van der Waals surface area contributed by atoms with Crippen molar-refractivity contribution < 1.29 is 10.0 Å². The number of amidine groups is 1. The van der Waals surface area contributed by atoms with Gasteiger partial charge in [0.15, 0.2) is 5.84 Å². The Hall–Kier alpha value is -2.41. The van der Waals surface area contributed by atoms with Crippen molar-refractivity contribution in [2.24, 2.45) is 10.9 Å². The number of nitrogens with two attached hydrogens (primary N) is 1. The number of benzene rings is 1. The third kappa shape index (κ3) is 3.12. The van der Waals surface area contributed by atoms with Gasteiger partial charge in [0.05, 0.1) is 11.3 Å². The number of halogens is 1. The fraction of sp³-hybridized carbons (Fsp3) is 0. The first-order chi connectivity index (χ1) is 9.61. The van der Waals surface area contributed by atoms with Crippen molar-refractivity contribution in [3.63, 3.8) is 0 Å². The van der Waals surface area contributed by atoms with Crippen LogP contribution in [-0.2, 0) is 0 Å². The minimum Gasteiger partial charge on any atom is -0.409 e. The van der Waals surface area contributed by atoms with Gasteiger partial charge in [0.2, 0.25) is 0 Å². The number of amides is 1. The Kier molecular flexibility index (Phi) is 4.31. The highest BCUT2D eigenvalue weighted by Gasteiger charge is 2.12. The standard InChI is InChI=1S/C13H11BrN4O2/c14-9-3-4-10(12(15)18-20)11(6-9)17-13(19)8-2-1-5-16-7-8/h1-7,20H,(H2,15,18)(H,17,19). The minimum absolute atomic E-state index is 0.0843. The number of nitrogens with zero attached hydrogens (tertiary/aromatic N) is 2. The molecule has 0 aliphatic heterocycles. The van der Waals surface area contributed by atoms with Crippen molar-refractivity contribution in [1.29, 1.82) is 0 Å². The van der Waals surface area contributed by atoms with Gasteiger partial charge in [-0.15, -0.1) is 0 Å². The lowest BCUT2D eigenvalue weighted by atomic mass is 10.1. The van der Waals surface area contributed by atoms with Crippen molar-refractivity contribution in [1.82, 2.24) is 4.98 Å². The molecule has 0 spiro atoms. The van der Waals surface area contributed by atoms with Crippen LogP contribution < -0.4 is 11.1 Å². The maximum Gasteiger partial charge on any atom is 0.257 e. The summed E-state index contributed by atoms with van der Waals surface area (Å²) in [5.74, 6) is -0.415. The van der Waals surface area contributed by atoms with Crippen molar-refractivity contribution in [2.45, 2.75) is 0 Å². The zero-order chi connectivity index (χ0) is 14.5. The molecular weight excluding hydrogens is 324 g/mol. The normalized spacial score (nSPS) is 11.2. The Morgan fingerprint density at radius 3 is 2.85 bits per heavy atom. The molecule has 4 N–H and O–H groups in total. The van der Waals surface area contributed by atoms with Gasteiger partial charge in [0.1, 0.15) is 0 Å². The average Bonchev–Trinajstić information content (AvgIpc) is 2.47. The predicted molar refractivity (Wildman–Crippen MR) is 78.8 cm³/mol. The van der Waals surface area contributed by atoms with Gasteiger partial charge in [0.25, 0.3) is 5.91 Å². The number of aromatic nitrogens is 1. The molecular formula is C13H11BrN4O2. The Morgan fingerprint density at radius 2 is 2.20 bits per heavy atom. The molecule has 20 heavy (non-hydrogen) atoms. The number of anilines is 1. The highest BCUT2D eigenvalue weighted by atomic mass is 79.9. The van der Waals surface area contributed by atoms with Gasteiger partial charge < -0.3 is 16.3 Å². The number of pyridine rings is 1. The topological polar surface area (TPSA) is 101 Å². The highest BCUT2D eigenvalue weighted by Crippen LogP contribution is 2.22. The summed E-state index contributed by atoms with van der Waals surface area (Å²) in [6.07, 6.45) is 3.04. The maximum atomic E-state index is 12.1. The van der Waals surface area contributed by atoms with Crippen LogP contribution in [0.5, 0.6) is 0 Å². The highest BCUT2D eigenvalue weighted by molar-refractivity contribution is 9.10. The molecule has 0 fully saturated rings. The molecule has 0 saturated heterocycles. The van der Waals surface area contributed by atoms with Crippen molar-refractivity contribution in [3.8, 4) is 0 Å². The zero-order valence-electron chi connectivity index (χ0n) is 10.2. The molecule has 1 amide bonds. The van der Waals surface area contributed by atoms with Crippen LogP contribution in [0.2, 0.25) is 0 Å². The van der Waals surface area contributed by atoms with Crippen LogP contribution in [0.15, 0.2) is 52.4 Å². The lowest BCUT2D eigenvalue weighted by Gasteiger charge is -2.10. The first kappa shape index (κ1) is 14.0. The molecule has 0 atom stereocenters. The van der Waals surface area contributed by atoms with E-state index >= 15 is 0 Å². The summed E-state index contributed by atoms with van der Waals surface area (Å²) < 4.78 is 0.758. The van der Waals surface area contributed by atoms with Gasteiger partial charge in [-0.25, -0.2) is 0 Å². The fourth-order valence-electron chi connectivity index (χ4n) is 1.59. The van der Waals surface area contributed by atoms with Crippen LogP contribution in [-0.4, -0.2) is 21.9 Å². The largest absolute Gasteiger partial charge is 0.409 e. The van der Waals surface area contributed by atoms with E-state index in [1.54, 1.807) is 36.5 Å². The van der Waals surface area contributed by atoms with E-state index in [0.29, 0.717) is 16.8 Å². The lowest BCUT2D eigenvalue weighted by Crippen LogP contribution is -2.19. The summed E-state index contributed by atoms with van der Waals surface area (Å²) in [7, 11) is 0. The number of carbonyl (C=O) groups excluding carboxylic acids is 1. The van der Waals surface area contributed by atoms with Gasteiger partial charge in [-0.1, -0.05) is 21.1 Å². The molecule has 0 radical (unpaired) electrons. The van der Waals surface area contributed by atoms with E-state index in [0.717, 1.165) is 4.47 Å². The van der Waals surface area contributed by atoms with E-state index in [1.807, 2.05) is 0 Å². The molecule has 0 aliphatic rings. The number of nitrogens with one attached hydrogen (secondary N) is 1. The molecule has 0 aliphatic carbocycles. The van der Waals surface area contributed by atoms with Gasteiger partial charge in [0, 0.05) is 22.4 Å². The molecule has 6 nitrogen and oxygen atoms in total. The number of hydrogen-bond acceptors (Lipinski definition) is 4. The third-order valence-electron chi connectivity index (χ3n) is 2.54. The molecule has 1 aromatic heterocycles. The summed E-state index contributed by atoms with van der Waals surface area (Å²) >= 11 is 3.31. The van der Waals surface area contributed by atoms with E-state index in [9.17, 15) is 4.79 Å². The first-order valence-electron chi connectivity index (χ1n) is 5.60. The Morgan fingerprint density at radius 1 is 1.40 bits per heavy atom. The van der Waals surface area contributed by atoms with E-state index < -0.39 is 0 Å². The molecule has 2 aromatic rings. The van der Waals surface area contributed by atoms with E-state index in [-0.39, 0.29) is 11.7 Å². The van der Waals surface area contributed by atoms with Crippen LogP contribution in [0, 0.1) is 0 Å². The van der Waals surface area contributed by atoms with E-state index in [1.165, 1.54) is 6.20 Å². The van der Waals surface area contributed by atoms with Crippen molar-refractivity contribution >= 4 is 33.4 Å². The second-order valence-electron chi connectivity index (χ2n) is 3.87. The molecule has 1 heterocycles. The van der Waals surface area contributed by atoms with Crippen LogP contribution in [0.3, 0.4) is 0 Å². The Bertz CT molecular complexity index is 659. The van der Waals surface area contributed by atoms with Crippen LogP contribution >= 0.6 is 15.9 Å². The summed E-state index contributed by atoms with van der Waals surface area (Å²) in [5.41, 5.74) is 6.85. The maximum absolute atomic E-state index is 12.1. The first-order valence-corrected chi connectivity index (χ1v) is 6.40. The smallest absolute Gasteiger partial charge is 0.257 e. The van der Waals surface area contributed by atoms with Crippen LogP contribution in [0.4, 0.5) is 5.69 Å². The number of oxime groups is 1. The summed E-state index contributed by atoms with van der Waals surface area (Å²) in [5, 5.41) is 14.4. The van der Waals surface area contributed by atoms with Gasteiger partial charge in [-0.05, 0) is 30.3 Å². The Balaban J connectivity index is 2.33. The quantitative estimate of drug-likeness (QED) is 0.346. The van der Waals surface area contributed by atoms with Crippen LogP contribution in [0.1, 0.15) is 15.9 Å². The van der Waals surface area contributed by atoms with Crippen LogP contribution in [0.25, 0.3) is 0 Å². The monoisotopic (exact) mass is 334 g/mol. The second kappa shape index (κ2) is 6.16. The second-order valence-corrected chi connectivity index (χ2v) is 4.79. The van der Waals surface area contributed by atoms with Gasteiger partial charge >= 0.3 is 0 Å². The SMILES string of the molecule is N/C(=N/O)c1ccc(Br)cc1NC(=O)c1cccnc1. The molecule has 102 valence electrons. The molecule has 2 rings (SSSR count). The number of hydrogen-bond donors (Lipinski definition) is 3. The molecule has 1 aromatic carbocycles. The van der Waals surface area contributed by atoms with Gasteiger partial charge in [-0.2, -0.15) is 0 Å². The number of carbonyl (C=O) groups is 1. The molecule has 0 saturated carbocycles. The molecule has 0 bridgehead atoms. The minimum atomic E-state index is -0.330. The molecule has 0 unspecified atom stereocenters. The van der Waals surface area contributed by atoms with Gasteiger partial charge in [-0.3, -0.25) is 9.78 Å². The van der Waals surface area contributed by atoms with E-state index in [2.05, 4.69) is 31.4 Å². The fourth-order valence-corrected chi connectivity index (χ4v) is 1.95. The summed E-state index contributed by atoms with van der Waals surface area (Å²) in [4.78, 5) is 16.0. The molecule has 7 heteroatoms. The van der Waals surface area contributed by atoms with E-state index in [4.69, 9.17) is 10.9 Å². The predicted octanol–water partition coefficient (Wildman–Crippen LogP) is 2.19. The van der Waals surface area contributed by atoms with Crippen molar-refractivity contribution in [3.05, 3.63) is 58.3 Å². The number of rotatable bonds is 3. The summed E-state index contributed by atoms with van der Waals surface area (Å²) in [6, 6.07) is 8.34.